The fourth-order valence-corrected chi connectivity index (χ4v) is 2.55. The Morgan fingerprint density at radius 3 is 2.74 bits per heavy atom. The molecular weight excluding hydrogens is 326 g/mol. The zero-order valence-electron chi connectivity index (χ0n) is 10.4. The van der Waals surface area contributed by atoms with E-state index in [1.165, 1.54) is 0 Å². The van der Waals surface area contributed by atoms with Crippen molar-refractivity contribution in [2.45, 2.75) is 13.5 Å². The van der Waals surface area contributed by atoms with Crippen molar-refractivity contribution in [3.8, 4) is 0 Å². The summed E-state index contributed by atoms with van der Waals surface area (Å²) in [5.41, 5.74) is 0.795. The van der Waals surface area contributed by atoms with E-state index in [1.54, 1.807) is 11.3 Å². The normalized spacial score (nSPS) is 10.4. The van der Waals surface area contributed by atoms with E-state index in [4.69, 9.17) is 0 Å². The summed E-state index contributed by atoms with van der Waals surface area (Å²) in [4.78, 5) is 17.0. The molecule has 0 spiro atoms. The Bertz CT molecular complexity index is 553. The zero-order chi connectivity index (χ0) is 13.7. The maximum Gasteiger partial charge on any atom is 0.238 e. The Labute approximate surface area is 124 Å². The van der Waals surface area contributed by atoms with Crippen LogP contribution >= 0.6 is 27.3 Å². The van der Waals surface area contributed by atoms with Crippen molar-refractivity contribution in [1.29, 1.82) is 0 Å². The van der Waals surface area contributed by atoms with Crippen LogP contribution in [0, 0.1) is 6.92 Å². The third kappa shape index (κ3) is 4.74. The van der Waals surface area contributed by atoms with Crippen LogP contribution in [0.2, 0.25) is 0 Å². The van der Waals surface area contributed by atoms with Crippen LogP contribution in [0.3, 0.4) is 0 Å². The fourth-order valence-electron chi connectivity index (χ4n) is 1.52. The van der Waals surface area contributed by atoms with Gasteiger partial charge in [-0.2, -0.15) is 0 Å². The first-order valence-electron chi connectivity index (χ1n) is 5.81. The van der Waals surface area contributed by atoms with Gasteiger partial charge in [0.1, 0.15) is 0 Å². The van der Waals surface area contributed by atoms with Crippen molar-refractivity contribution >= 4 is 38.9 Å². The van der Waals surface area contributed by atoms with Gasteiger partial charge in [0.15, 0.2) is 0 Å². The molecule has 1 aromatic carbocycles. The lowest BCUT2D eigenvalue weighted by Crippen LogP contribution is -2.27. The SMILES string of the molecule is Cc1ncc(CNCC(=O)Nc2ccc(Br)cc2)s1. The van der Waals surface area contributed by atoms with Gasteiger partial charge >= 0.3 is 0 Å². The molecule has 0 atom stereocenters. The number of anilines is 1. The summed E-state index contributed by atoms with van der Waals surface area (Å²) in [6.45, 7) is 2.92. The van der Waals surface area contributed by atoms with Gasteiger partial charge in [0.2, 0.25) is 5.91 Å². The van der Waals surface area contributed by atoms with E-state index >= 15 is 0 Å². The van der Waals surface area contributed by atoms with Gasteiger partial charge in [-0.3, -0.25) is 4.79 Å². The molecule has 0 saturated carbocycles. The molecule has 0 radical (unpaired) electrons. The Morgan fingerprint density at radius 1 is 1.37 bits per heavy atom. The summed E-state index contributed by atoms with van der Waals surface area (Å²) in [6.07, 6.45) is 1.83. The van der Waals surface area contributed by atoms with E-state index in [2.05, 4.69) is 31.5 Å². The van der Waals surface area contributed by atoms with Gasteiger partial charge in [-0.05, 0) is 31.2 Å². The number of hydrogen-bond acceptors (Lipinski definition) is 4. The average Bonchev–Trinajstić information content (AvgIpc) is 2.78. The van der Waals surface area contributed by atoms with Crippen LogP contribution in [0.15, 0.2) is 34.9 Å². The summed E-state index contributed by atoms with van der Waals surface area (Å²) in [6, 6.07) is 7.50. The second-order valence-electron chi connectivity index (χ2n) is 4.00. The largest absolute Gasteiger partial charge is 0.325 e. The van der Waals surface area contributed by atoms with Gasteiger partial charge in [0.25, 0.3) is 0 Å². The molecular formula is C13H14BrN3OS. The highest BCUT2D eigenvalue weighted by molar-refractivity contribution is 9.10. The molecule has 100 valence electrons. The standard InChI is InChI=1S/C13H14BrN3OS/c1-9-16-7-12(19-9)6-15-8-13(18)17-11-4-2-10(14)3-5-11/h2-5,7,15H,6,8H2,1H3,(H,17,18). The maximum absolute atomic E-state index is 11.7. The number of carbonyl (C=O) groups excluding carboxylic acids is 1. The van der Waals surface area contributed by atoms with E-state index in [1.807, 2.05) is 37.4 Å². The van der Waals surface area contributed by atoms with Crippen LogP contribution in [-0.2, 0) is 11.3 Å². The van der Waals surface area contributed by atoms with E-state index in [0.29, 0.717) is 6.54 Å². The molecule has 4 nitrogen and oxygen atoms in total. The molecule has 2 aromatic rings. The van der Waals surface area contributed by atoms with Crippen molar-refractivity contribution in [2.75, 3.05) is 11.9 Å². The highest BCUT2D eigenvalue weighted by Gasteiger charge is 2.03. The molecule has 1 amide bonds. The molecule has 1 heterocycles. The lowest BCUT2D eigenvalue weighted by atomic mass is 10.3. The average molecular weight is 340 g/mol. The molecule has 6 heteroatoms. The summed E-state index contributed by atoms with van der Waals surface area (Å²) in [5.74, 6) is -0.0523. The van der Waals surface area contributed by atoms with Gasteiger partial charge in [-0.1, -0.05) is 15.9 Å². The van der Waals surface area contributed by atoms with Gasteiger partial charge in [0, 0.05) is 27.8 Å². The van der Waals surface area contributed by atoms with Gasteiger partial charge in [0.05, 0.1) is 11.6 Å². The Morgan fingerprint density at radius 2 is 2.11 bits per heavy atom. The van der Waals surface area contributed by atoms with Crippen LogP contribution < -0.4 is 10.6 Å². The Kier molecular flexibility index (Phi) is 5.07. The van der Waals surface area contributed by atoms with Crippen molar-refractivity contribution in [3.05, 3.63) is 44.8 Å². The second-order valence-corrected chi connectivity index (χ2v) is 6.24. The predicted octanol–water partition coefficient (Wildman–Crippen LogP) is 2.94. The molecule has 2 N–H and O–H groups in total. The van der Waals surface area contributed by atoms with Crippen molar-refractivity contribution in [2.24, 2.45) is 0 Å². The molecule has 0 bridgehead atoms. The van der Waals surface area contributed by atoms with Gasteiger partial charge in [-0.25, -0.2) is 4.98 Å². The highest BCUT2D eigenvalue weighted by atomic mass is 79.9. The molecule has 0 unspecified atom stereocenters. The number of nitrogens with one attached hydrogen (secondary N) is 2. The second kappa shape index (κ2) is 6.79. The summed E-state index contributed by atoms with van der Waals surface area (Å²) in [7, 11) is 0. The third-order valence-corrected chi connectivity index (χ3v) is 3.82. The lowest BCUT2D eigenvalue weighted by Gasteiger charge is -2.06. The molecule has 19 heavy (non-hydrogen) atoms. The van der Waals surface area contributed by atoms with Crippen LogP contribution in [-0.4, -0.2) is 17.4 Å². The van der Waals surface area contributed by atoms with Crippen molar-refractivity contribution < 1.29 is 4.79 Å². The Balaban J connectivity index is 1.74. The lowest BCUT2D eigenvalue weighted by molar-refractivity contribution is -0.115. The number of rotatable bonds is 5. The van der Waals surface area contributed by atoms with Crippen molar-refractivity contribution in [1.82, 2.24) is 10.3 Å². The number of nitrogens with zero attached hydrogens (tertiary/aromatic N) is 1. The first-order valence-corrected chi connectivity index (χ1v) is 7.42. The zero-order valence-corrected chi connectivity index (χ0v) is 12.8. The minimum Gasteiger partial charge on any atom is -0.325 e. The predicted molar refractivity (Wildman–Crippen MR) is 81.3 cm³/mol. The molecule has 0 aliphatic heterocycles. The maximum atomic E-state index is 11.7. The highest BCUT2D eigenvalue weighted by Crippen LogP contribution is 2.14. The van der Waals surface area contributed by atoms with Crippen LogP contribution in [0.5, 0.6) is 0 Å². The minimum atomic E-state index is -0.0523. The van der Waals surface area contributed by atoms with Crippen LogP contribution in [0.4, 0.5) is 5.69 Å². The van der Waals surface area contributed by atoms with E-state index < -0.39 is 0 Å². The van der Waals surface area contributed by atoms with Crippen LogP contribution in [0.1, 0.15) is 9.88 Å². The summed E-state index contributed by atoms with van der Waals surface area (Å²) < 4.78 is 0.990. The van der Waals surface area contributed by atoms with E-state index in [9.17, 15) is 4.79 Å². The quantitative estimate of drug-likeness (QED) is 0.880. The number of halogens is 1. The molecule has 0 aliphatic carbocycles. The number of carbonyl (C=O) groups is 1. The summed E-state index contributed by atoms with van der Waals surface area (Å²) in [5, 5.41) is 6.96. The smallest absolute Gasteiger partial charge is 0.238 e. The number of thiazole rings is 1. The number of benzene rings is 1. The third-order valence-electron chi connectivity index (χ3n) is 2.38. The van der Waals surface area contributed by atoms with E-state index in [-0.39, 0.29) is 12.5 Å². The molecule has 0 fully saturated rings. The first-order chi connectivity index (χ1) is 9.13. The first kappa shape index (κ1) is 14.2. The number of hydrogen-bond donors (Lipinski definition) is 2. The number of amides is 1. The van der Waals surface area contributed by atoms with E-state index in [0.717, 1.165) is 20.0 Å². The monoisotopic (exact) mass is 339 g/mol. The summed E-state index contributed by atoms with van der Waals surface area (Å²) >= 11 is 4.99. The molecule has 0 aliphatic rings. The Hall–Kier alpha value is -1.24. The van der Waals surface area contributed by atoms with Gasteiger partial charge in [-0.15, -0.1) is 11.3 Å². The molecule has 0 saturated heterocycles. The molecule has 2 rings (SSSR count). The van der Waals surface area contributed by atoms with Crippen LogP contribution in [0.25, 0.3) is 0 Å². The minimum absolute atomic E-state index is 0.0523. The fraction of sp³-hybridized carbons (Fsp3) is 0.231. The number of aromatic nitrogens is 1. The number of aryl methyl sites for hydroxylation is 1. The topological polar surface area (TPSA) is 54.0 Å². The molecule has 1 aromatic heterocycles. The van der Waals surface area contributed by atoms with Gasteiger partial charge < -0.3 is 10.6 Å². The van der Waals surface area contributed by atoms with Crippen molar-refractivity contribution in [3.63, 3.8) is 0 Å².